The molecule has 0 unspecified atom stereocenters. The highest BCUT2D eigenvalue weighted by molar-refractivity contribution is 5.04. The van der Waals surface area contributed by atoms with Crippen LogP contribution in [-0.2, 0) is 14.5 Å². The first-order valence-corrected chi connectivity index (χ1v) is 7.24. The quantitative estimate of drug-likeness (QED) is 0.733. The predicted molar refractivity (Wildman–Crippen MR) is 65.3 cm³/mol. The summed E-state index contributed by atoms with van der Waals surface area (Å²) >= 11 is 0. The molecule has 4 aliphatic rings. The minimum atomic E-state index is -0.864. The van der Waals surface area contributed by atoms with E-state index in [1.54, 1.807) is 0 Å². The van der Waals surface area contributed by atoms with Gasteiger partial charge in [0.2, 0.25) is 5.79 Å². The van der Waals surface area contributed by atoms with Crippen LogP contribution in [0.1, 0.15) is 52.9 Å². The van der Waals surface area contributed by atoms with Crippen molar-refractivity contribution in [2.75, 3.05) is 0 Å². The van der Waals surface area contributed by atoms with Gasteiger partial charge >= 0.3 is 0 Å². The van der Waals surface area contributed by atoms with E-state index in [2.05, 4.69) is 13.8 Å². The first-order chi connectivity index (χ1) is 8.52. The monoisotopic (exact) mass is 256 g/mol. The van der Waals surface area contributed by atoms with E-state index in [9.17, 15) is 5.11 Å². The first kappa shape index (κ1) is 12.9. The van der Waals surface area contributed by atoms with Crippen LogP contribution in [0.5, 0.6) is 0 Å². The maximum atomic E-state index is 10.5. The molecule has 1 spiro atoms. The standard InChI is InChI=1S/C14H24O4/c1-4-10-6-5-9(2)11-7-8-13(3)16-12(15)14(10,11)18-17-13/h9-12,15H,4-8H2,1-3H3/t9-,10-,11+,12-,13-,14+/m1/s1. The molecule has 3 saturated heterocycles. The molecule has 0 radical (unpaired) electrons. The van der Waals surface area contributed by atoms with Gasteiger partial charge in [-0.2, -0.15) is 0 Å². The highest BCUT2D eigenvalue weighted by atomic mass is 17.3. The van der Waals surface area contributed by atoms with E-state index >= 15 is 0 Å². The minimum Gasteiger partial charge on any atom is -0.365 e. The SMILES string of the molecule is CC[C@@H]1CC[C@@H](C)[C@@H]2CC[C@@]3(C)OO[C@@]12[C@H](O)O3. The Bertz CT molecular complexity index is 334. The Morgan fingerprint density at radius 1 is 1.22 bits per heavy atom. The van der Waals surface area contributed by atoms with E-state index in [0.29, 0.717) is 17.8 Å². The van der Waals surface area contributed by atoms with E-state index in [1.165, 1.54) is 6.42 Å². The topological polar surface area (TPSA) is 47.9 Å². The van der Waals surface area contributed by atoms with Gasteiger partial charge in [0, 0.05) is 6.42 Å². The maximum Gasteiger partial charge on any atom is 0.201 e. The third kappa shape index (κ3) is 1.59. The van der Waals surface area contributed by atoms with Crippen molar-refractivity contribution in [2.24, 2.45) is 17.8 Å². The molecule has 0 aromatic carbocycles. The lowest BCUT2D eigenvalue weighted by atomic mass is 9.61. The Hall–Kier alpha value is -0.160. The van der Waals surface area contributed by atoms with Crippen LogP contribution in [-0.4, -0.2) is 22.8 Å². The lowest BCUT2D eigenvalue weighted by Gasteiger charge is -2.53. The summed E-state index contributed by atoms with van der Waals surface area (Å²) in [6.07, 6.45) is 4.20. The first-order valence-electron chi connectivity index (χ1n) is 7.24. The normalized spacial score (nSPS) is 56.0. The van der Waals surface area contributed by atoms with Gasteiger partial charge in [0.25, 0.3) is 0 Å². The molecular formula is C14H24O4. The van der Waals surface area contributed by atoms with Crippen LogP contribution >= 0.6 is 0 Å². The second-order valence-electron chi connectivity index (χ2n) is 6.43. The number of hydrogen-bond donors (Lipinski definition) is 1. The Morgan fingerprint density at radius 2 is 2.00 bits per heavy atom. The number of ether oxygens (including phenoxy) is 1. The molecule has 2 bridgehead atoms. The molecule has 3 aliphatic heterocycles. The maximum absolute atomic E-state index is 10.5. The number of fused-ring (bicyclic) bond motifs is 3. The molecule has 0 aromatic rings. The van der Waals surface area contributed by atoms with E-state index in [4.69, 9.17) is 14.5 Å². The molecule has 0 amide bonds. The summed E-state index contributed by atoms with van der Waals surface area (Å²) in [6, 6.07) is 0. The van der Waals surface area contributed by atoms with Gasteiger partial charge in [-0.1, -0.05) is 20.3 Å². The third-order valence-corrected chi connectivity index (χ3v) is 5.39. The summed E-state index contributed by atoms with van der Waals surface area (Å²) in [5, 5.41) is 10.5. The van der Waals surface area contributed by atoms with Gasteiger partial charge in [-0.3, -0.25) is 0 Å². The van der Waals surface area contributed by atoms with Crippen molar-refractivity contribution < 1.29 is 19.6 Å². The fourth-order valence-corrected chi connectivity index (χ4v) is 4.25. The lowest BCUT2D eigenvalue weighted by molar-refractivity contribution is -0.554. The molecule has 1 N–H and O–H groups in total. The molecule has 104 valence electrons. The highest BCUT2D eigenvalue weighted by Gasteiger charge is 2.64. The van der Waals surface area contributed by atoms with Gasteiger partial charge in [0.15, 0.2) is 11.9 Å². The van der Waals surface area contributed by atoms with Crippen molar-refractivity contribution in [1.29, 1.82) is 0 Å². The molecule has 18 heavy (non-hydrogen) atoms. The molecule has 3 heterocycles. The minimum absolute atomic E-state index is 0.316. The molecule has 1 saturated carbocycles. The van der Waals surface area contributed by atoms with E-state index in [0.717, 1.165) is 25.7 Å². The molecule has 4 heteroatoms. The Morgan fingerprint density at radius 3 is 2.67 bits per heavy atom. The Kier molecular flexibility index (Phi) is 2.98. The largest absolute Gasteiger partial charge is 0.365 e. The van der Waals surface area contributed by atoms with Crippen LogP contribution in [0.15, 0.2) is 0 Å². The van der Waals surface area contributed by atoms with Crippen molar-refractivity contribution >= 4 is 0 Å². The third-order valence-electron chi connectivity index (χ3n) is 5.39. The number of hydrogen-bond acceptors (Lipinski definition) is 4. The van der Waals surface area contributed by atoms with Crippen molar-refractivity contribution in [3.8, 4) is 0 Å². The van der Waals surface area contributed by atoms with Crippen LogP contribution in [0.2, 0.25) is 0 Å². The predicted octanol–water partition coefficient (Wildman–Crippen LogP) is 2.60. The molecule has 4 fully saturated rings. The van der Waals surface area contributed by atoms with Crippen molar-refractivity contribution in [3.05, 3.63) is 0 Å². The van der Waals surface area contributed by atoms with Gasteiger partial charge < -0.3 is 9.84 Å². The second kappa shape index (κ2) is 4.17. The molecule has 6 atom stereocenters. The number of aliphatic hydroxyl groups excluding tert-OH is 1. The molecule has 1 aliphatic carbocycles. The van der Waals surface area contributed by atoms with Gasteiger partial charge in [-0.05, 0) is 43.9 Å². The molecular weight excluding hydrogens is 232 g/mol. The summed E-state index contributed by atoms with van der Waals surface area (Å²) in [5.41, 5.74) is -0.650. The van der Waals surface area contributed by atoms with E-state index in [1.807, 2.05) is 6.92 Å². The average Bonchev–Trinajstić information content (AvgIpc) is 2.55. The van der Waals surface area contributed by atoms with Crippen molar-refractivity contribution in [3.63, 3.8) is 0 Å². The van der Waals surface area contributed by atoms with Crippen LogP contribution < -0.4 is 0 Å². The average molecular weight is 256 g/mol. The van der Waals surface area contributed by atoms with Crippen molar-refractivity contribution in [2.45, 2.75) is 70.6 Å². The summed E-state index contributed by atoms with van der Waals surface area (Å²) < 4.78 is 5.75. The van der Waals surface area contributed by atoms with Crippen molar-refractivity contribution in [1.82, 2.24) is 0 Å². The fraction of sp³-hybridized carbons (Fsp3) is 1.00. The Balaban J connectivity index is 2.02. The zero-order valence-electron chi connectivity index (χ0n) is 11.5. The Labute approximate surface area is 109 Å². The summed E-state index contributed by atoms with van der Waals surface area (Å²) in [4.78, 5) is 11.3. The molecule has 4 nitrogen and oxygen atoms in total. The van der Waals surface area contributed by atoms with Gasteiger partial charge in [-0.25, -0.2) is 9.78 Å². The van der Waals surface area contributed by atoms with Gasteiger partial charge in [-0.15, -0.1) is 0 Å². The molecule has 4 rings (SSSR count). The second-order valence-corrected chi connectivity index (χ2v) is 6.43. The summed E-state index contributed by atoms with van der Waals surface area (Å²) in [5.74, 6) is 0.419. The zero-order valence-corrected chi connectivity index (χ0v) is 11.5. The highest BCUT2D eigenvalue weighted by Crippen LogP contribution is 2.56. The summed E-state index contributed by atoms with van der Waals surface area (Å²) in [7, 11) is 0. The van der Waals surface area contributed by atoms with Crippen LogP contribution in [0.3, 0.4) is 0 Å². The van der Waals surface area contributed by atoms with E-state index < -0.39 is 17.7 Å². The van der Waals surface area contributed by atoms with Crippen LogP contribution in [0.4, 0.5) is 0 Å². The smallest absolute Gasteiger partial charge is 0.201 e. The van der Waals surface area contributed by atoms with Gasteiger partial charge in [0.05, 0.1) is 0 Å². The number of rotatable bonds is 1. The fourth-order valence-electron chi connectivity index (χ4n) is 4.25. The van der Waals surface area contributed by atoms with Gasteiger partial charge in [0.1, 0.15) is 0 Å². The van der Waals surface area contributed by atoms with Crippen LogP contribution in [0, 0.1) is 17.8 Å². The summed E-state index contributed by atoms with van der Waals surface area (Å²) in [6.45, 7) is 6.27. The lowest BCUT2D eigenvalue weighted by Crippen LogP contribution is -2.64. The van der Waals surface area contributed by atoms with Crippen LogP contribution in [0.25, 0.3) is 0 Å². The molecule has 0 aromatic heterocycles. The zero-order chi connectivity index (χ0) is 13.0. The number of aliphatic hydroxyl groups is 1. The van der Waals surface area contributed by atoms with E-state index in [-0.39, 0.29) is 0 Å².